The molecule has 1 aromatic carbocycles. The molecule has 0 saturated heterocycles. The average Bonchev–Trinajstić information content (AvgIpc) is 2.83. The highest BCUT2D eigenvalue weighted by Crippen LogP contribution is 2.14. The van der Waals surface area contributed by atoms with E-state index >= 15 is 0 Å². The fraction of sp³-hybridized carbons (Fsp3) is 0.652. The highest BCUT2D eigenvalue weighted by Gasteiger charge is 2.17. The van der Waals surface area contributed by atoms with E-state index in [-0.39, 0.29) is 50.0 Å². The van der Waals surface area contributed by atoms with Crippen LogP contribution in [0.25, 0.3) is 10.4 Å². The van der Waals surface area contributed by atoms with E-state index in [1.807, 2.05) is 0 Å². The number of carbonyl (C=O) groups excluding carboxylic acids is 2. The Morgan fingerprint density at radius 2 is 1.62 bits per heavy atom. The maximum absolute atomic E-state index is 12.4. The summed E-state index contributed by atoms with van der Waals surface area (Å²) in [7, 11) is -4.06. The number of nitrogens with one attached hydrogen (secondary N) is 2. The van der Waals surface area contributed by atoms with E-state index in [1.54, 1.807) is 20.8 Å². The molecule has 14 heteroatoms. The van der Waals surface area contributed by atoms with Crippen LogP contribution in [0.15, 0.2) is 34.3 Å². The second-order valence-electron chi connectivity index (χ2n) is 8.73. The second-order valence-corrected chi connectivity index (χ2v) is 10.3. The number of hydrogen-bond donors (Lipinski definition) is 2. The van der Waals surface area contributed by atoms with Crippen LogP contribution in [0.2, 0.25) is 0 Å². The molecule has 2 amide bonds. The van der Waals surface area contributed by atoms with Gasteiger partial charge in [-0.1, -0.05) is 11.2 Å². The molecule has 0 unspecified atom stereocenters. The van der Waals surface area contributed by atoms with E-state index in [1.165, 1.54) is 24.3 Å². The van der Waals surface area contributed by atoms with Gasteiger partial charge in [-0.2, -0.15) is 8.42 Å². The van der Waals surface area contributed by atoms with Crippen molar-refractivity contribution in [2.45, 2.75) is 50.5 Å². The molecule has 1 aromatic rings. The Hall–Kier alpha value is -2.90. The number of azide groups is 1. The summed E-state index contributed by atoms with van der Waals surface area (Å²) in [5.41, 5.74) is 7.80. The average molecular weight is 544 g/mol. The Kier molecular flexibility index (Phi) is 15.2. The molecule has 0 saturated carbocycles. The number of amides is 2. The van der Waals surface area contributed by atoms with Crippen LogP contribution in [-0.4, -0.2) is 78.7 Å². The number of nitrogens with zero attached hydrogens (tertiary/aromatic N) is 3. The maximum atomic E-state index is 12.4. The van der Waals surface area contributed by atoms with Crippen LogP contribution in [0, 0.1) is 0 Å². The van der Waals surface area contributed by atoms with E-state index in [0.717, 1.165) is 12.8 Å². The van der Waals surface area contributed by atoms with Crippen molar-refractivity contribution in [3.63, 3.8) is 0 Å². The van der Waals surface area contributed by atoms with Gasteiger partial charge in [-0.15, -0.1) is 0 Å². The molecule has 0 aliphatic heterocycles. The molecule has 1 rings (SSSR count). The van der Waals surface area contributed by atoms with Crippen molar-refractivity contribution in [1.82, 2.24) is 10.6 Å². The highest BCUT2D eigenvalue weighted by molar-refractivity contribution is 7.86. The van der Waals surface area contributed by atoms with Crippen LogP contribution in [0.1, 0.15) is 50.4 Å². The highest BCUT2D eigenvalue weighted by atomic mass is 32.2. The van der Waals surface area contributed by atoms with Crippen molar-refractivity contribution >= 4 is 22.1 Å². The van der Waals surface area contributed by atoms with Gasteiger partial charge in [0.05, 0.1) is 37.9 Å². The SMILES string of the molecule is CC(C)(C)OC(=O)NCCCCCNC(=O)c1cccc(S(=O)(=O)OCCOCCOCCN=[N+]=[N-])c1. The molecule has 13 nitrogen and oxygen atoms in total. The standard InChI is InChI=1S/C23H37N5O8S/c1-23(2,3)36-22(30)26-11-6-4-5-10-25-21(29)19-8-7-9-20(18-19)37(31,32)35-17-16-34-15-14-33-13-12-27-28-24/h7-9,18H,4-6,10-17H2,1-3H3,(H,25,29)(H,26,30). The Balaban J connectivity index is 2.28. The molecular weight excluding hydrogens is 506 g/mol. The summed E-state index contributed by atoms with van der Waals surface area (Å²) in [6.07, 6.45) is 1.75. The lowest BCUT2D eigenvalue weighted by Gasteiger charge is -2.19. The number of benzene rings is 1. The smallest absolute Gasteiger partial charge is 0.407 e. The van der Waals surface area contributed by atoms with E-state index in [9.17, 15) is 18.0 Å². The minimum Gasteiger partial charge on any atom is -0.444 e. The Bertz CT molecular complexity index is 991. The number of carbonyl (C=O) groups is 2. The minimum absolute atomic E-state index is 0.0341. The third-order valence-electron chi connectivity index (χ3n) is 4.43. The molecule has 208 valence electrons. The zero-order valence-corrected chi connectivity index (χ0v) is 22.4. The third-order valence-corrected chi connectivity index (χ3v) is 5.74. The van der Waals surface area contributed by atoms with Crippen molar-refractivity contribution in [2.24, 2.45) is 5.11 Å². The van der Waals surface area contributed by atoms with Crippen molar-refractivity contribution in [2.75, 3.05) is 52.7 Å². The lowest BCUT2D eigenvalue weighted by Crippen LogP contribution is -2.33. The predicted octanol–water partition coefficient (Wildman–Crippen LogP) is 3.16. The first-order chi connectivity index (χ1) is 17.5. The van der Waals surface area contributed by atoms with Gasteiger partial charge in [0.15, 0.2) is 0 Å². The molecule has 0 bridgehead atoms. The van der Waals surface area contributed by atoms with Crippen LogP contribution < -0.4 is 10.6 Å². The van der Waals surface area contributed by atoms with Crippen molar-refractivity contribution in [3.8, 4) is 0 Å². The maximum Gasteiger partial charge on any atom is 0.407 e. The number of rotatable bonds is 18. The Morgan fingerprint density at radius 1 is 0.973 bits per heavy atom. The van der Waals surface area contributed by atoms with Crippen LogP contribution in [0.4, 0.5) is 4.79 Å². The molecule has 37 heavy (non-hydrogen) atoms. The first kappa shape index (κ1) is 32.1. The molecule has 0 heterocycles. The van der Waals surface area contributed by atoms with Gasteiger partial charge >= 0.3 is 6.09 Å². The monoisotopic (exact) mass is 543 g/mol. The molecule has 0 radical (unpaired) electrons. The number of alkyl carbamates (subject to hydrolysis) is 1. The summed E-state index contributed by atoms with van der Waals surface area (Å²) >= 11 is 0. The van der Waals surface area contributed by atoms with E-state index in [2.05, 4.69) is 20.7 Å². The van der Waals surface area contributed by atoms with Gasteiger partial charge in [0.25, 0.3) is 16.0 Å². The summed E-state index contributed by atoms with van der Waals surface area (Å²) < 4.78 is 45.3. The van der Waals surface area contributed by atoms with E-state index < -0.39 is 27.7 Å². The topological polar surface area (TPSA) is 178 Å². The molecule has 2 N–H and O–H groups in total. The van der Waals surface area contributed by atoms with Gasteiger partial charge in [0.1, 0.15) is 5.60 Å². The van der Waals surface area contributed by atoms with Gasteiger partial charge < -0.3 is 24.8 Å². The van der Waals surface area contributed by atoms with Crippen molar-refractivity contribution in [1.29, 1.82) is 0 Å². The molecule has 0 atom stereocenters. The summed E-state index contributed by atoms with van der Waals surface area (Å²) in [6, 6.07) is 5.60. The normalized spacial score (nSPS) is 11.4. The van der Waals surface area contributed by atoms with Gasteiger partial charge in [-0.25, -0.2) is 4.79 Å². The quantitative estimate of drug-likeness (QED) is 0.0931. The van der Waals surface area contributed by atoms with Crippen molar-refractivity contribution < 1.29 is 36.4 Å². The summed E-state index contributed by atoms with van der Waals surface area (Å²) in [6.45, 7) is 7.10. The Labute approximate surface area is 217 Å². The predicted molar refractivity (Wildman–Crippen MR) is 136 cm³/mol. The molecule has 0 spiro atoms. The second kappa shape index (κ2) is 17.5. The Morgan fingerprint density at radius 3 is 2.30 bits per heavy atom. The lowest BCUT2D eigenvalue weighted by molar-refractivity contribution is 0.0396. The van der Waals surface area contributed by atoms with Crippen LogP contribution in [0.5, 0.6) is 0 Å². The third kappa shape index (κ3) is 15.7. The molecule has 0 aliphatic carbocycles. The first-order valence-corrected chi connectivity index (χ1v) is 13.4. The fourth-order valence-corrected chi connectivity index (χ4v) is 3.71. The molecule has 0 fully saturated rings. The molecular formula is C23H37N5O8S. The van der Waals surface area contributed by atoms with Gasteiger partial charge in [-0.05, 0) is 63.8 Å². The zero-order chi connectivity index (χ0) is 27.6. The van der Waals surface area contributed by atoms with Gasteiger partial charge in [0.2, 0.25) is 0 Å². The zero-order valence-electron chi connectivity index (χ0n) is 21.6. The van der Waals surface area contributed by atoms with Crippen LogP contribution >= 0.6 is 0 Å². The minimum atomic E-state index is -4.06. The number of hydrogen-bond acceptors (Lipinski definition) is 9. The van der Waals surface area contributed by atoms with Gasteiger partial charge in [-0.3, -0.25) is 8.98 Å². The fourth-order valence-electron chi connectivity index (χ4n) is 2.77. The molecule has 0 aliphatic rings. The van der Waals surface area contributed by atoms with Crippen LogP contribution in [-0.2, 0) is 28.5 Å². The number of unbranched alkanes of at least 4 members (excludes halogenated alkanes) is 2. The first-order valence-electron chi connectivity index (χ1n) is 12.0. The summed E-state index contributed by atoms with van der Waals surface area (Å²) in [4.78, 5) is 26.4. The van der Waals surface area contributed by atoms with E-state index in [4.69, 9.17) is 23.9 Å². The summed E-state index contributed by atoms with van der Waals surface area (Å²) in [5, 5.41) is 8.75. The molecule has 0 aromatic heterocycles. The van der Waals surface area contributed by atoms with E-state index in [0.29, 0.717) is 19.5 Å². The lowest BCUT2D eigenvalue weighted by atomic mass is 10.2. The summed E-state index contributed by atoms with van der Waals surface area (Å²) in [5.74, 6) is -0.396. The number of ether oxygens (including phenoxy) is 3. The van der Waals surface area contributed by atoms with Gasteiger partial charge in [0, 0.05) is 30.1 Å². The largest absolute Gasteiger partial charge is 0.444 e. The van der Waals surface area contributed by atoms with Crippen LogP contribution in [0.3, 0.4) is 0 Å². The van der Waals surface area contributed by atoms with Crippen molar-refractivity contribution in [3.05, 3.63) is 40.3 Å².